The molecular weight excluding hydrogens is 423 g/mol. The number of hydrogen-bond acceptors (Lipinski definition) is 2. The van der Waals surface area contributed by atoms with Crippen LogP contribution in [-0.2, 0) is 6.42 Å². The first-order valence-electron chi connectivity index (χ1n) is 13.0. The average Bonchev–Trinajstić information content (AvgIpc) is 2.89. The van der Waals surface area contributed by atoms with Crippen LogP contribution in [0.4, 0.5) is 0 Å². The van der Waals surface area contributed by atoms with Crippen molar-refractivity contribution in [2.45, 2.75) is 88.9 Å². The Morgan fingerprint density at radius 1 is 0.788 bits per heavy atom. The summed E-state index contributed by atoms with van der Waals surface area (Å²) < 4.78 is 11.8. The van der Waals surface area contributed by atoms with Gasteiger partial charge in [0, 0.05) is 0 Å². The number of methoxy groups -OCH3 is 2. The van der Waals surface area contributed by atoms with Crippen LogP contribution in [0.3, 0.4) is 0 Å². The average molecular weight is 465 g/mol. The molecule has 2 saturated carbocycles. The molecule has 0 bridgehead atoms. The Morgan fingerprint density at radius 2 is 1.33 bits per heavy atom. The molecule has 0 atom stereocenters. The molecule has 0 amide bonds. The molecule has 33 heavy (non-hydrogen) atoms. The molecule has 2 aliphatic rings. The summed E-state index contributed by atoms with van der Waals surface area (Å²) in [5.74, 6) is 1.84. The van der Waals surface area contributed by atoms with Crippen LogP contribution in [0.5, 0.6) is 11.5 Å². The van der Waals surface area contributed by atoms with Crippen molar-refractivity contribution in [1.29, 1.82) is 0 Å². The normalized spacial score (nSPS) is 18.2. The minimum absolute atomic E-state index is 0.254. The summed E-state index contributed by atoms with van der Waals surface area (Å²) in [6.45, 7) is 2.14. The zero-order valence-electron chi connectivity index (χ0n) is 20.8. The van der Waals surface area contributed by atoms with Gasteiger partial charge in [-0.25, -0.2) is 0 Å². The van der Waals surface area contributed by atoms with E-state index in [1.54, 1.807) is 19.5 Å². The van der Waals surface area contributed by atoms with Crippen molar-refractivity contribution >= 4 is 13.2 Å². The maximum atomic E-state index is 5.90. The van der Waals surface area contributed by atoms with Gasteiger partial charge in [-0.3, -0.25) is 0 Å². The lowest BCUT2D eigenvalue weighted by atomic mass is 9.98. The summed E-state index contributed by atoms with van der Waals surface area (Å²) in [7, 11) is 3.32. The highest BCUT2D eigenvalue weighted by Crippen LogP contribution is 2.57. The summed E-state index contributed by atoms with van der Waals surface area (Å²) >= 11 is 0. The maximum Gasteiger partial charge on any atom is 0.130 e. The van der Waals surface area contributed by atoms with Gasteiger partial charge in [0.2, 0.25) is 0 Å². The van der Waals surface area contributed by atoms with Crippen LogP contribution in [0.25, 0.3) is 11.1 Å². The van der Waals surface area contributed by atoms with Crippen LogP contribution < -0.4 is 14.8 Å². The van der Waals surface area contributed by atoms with Gasteiger partial charge < -0.3 is 9.47 Å². The summed E-state index contributed by atoms with van der Waals surface area (Å²) in [6.07, 6.45) is 19.6. The quantitative estimate of drug-likeness (QED) is 0.289. The van der Waals surface area contributed by atoms with Crippen molar-refractivity contribution in [3.63, 3.8) is 0 Å². The van der Waals surface area contributed by atoms with Crippen molar-refractivity contribution < 1.29 is 9.47 Å². The van der Waals surface area contributed by atoms with Gasteiger partial charge in [0.1, 0.15) is 11.5 Å². The third kappa shape index (κ3) is 5.48. The zero-order chi connectivity index (χ0) is 23.0. The highest BCUT2D eigenvalue weighted by Gasteiger charge is 2.35. The maximum absolute atomic E-state index is 5.90. The molecule has 0 spiro atoms. The van der Waals surface area contributed by atoms with Crippen LogP contribution in [0.2, 0.25) is 0 Å². The second kappa shape index (κ2) is 12.1. The van der Waals surface area contributed by atoms with E-state index in [1.807, 2.05) is 6.07 Å². The predicted molar refractivity (Wildman–Crippen MR) is 144 cm³/mol. The molecule has 0 saturated heterocycles. The molecule has 0 aromatic heterocycles. The fourth-order valence-electron chi connectivity index (χ4n) is 6.01. The summed E-state index contributed by atoms with van der Waals surface area (Å²) in [6, 6.07) is 13.2. The third-order valence-corrected chi connectivity index (χ3v) is 11.2. The number of hydrogen-bond donors (Lipinski definition) is 0. The van der Waals surface area contributed by atoms with Crippen molar-refractivity contribution in [2.75, 3.05) is 14.2 Å². The highest BCUT2D eigenvalue weighted by atomic mass is 31.1. The van der Waals surface area contributed by atoms with Gasteiger partial charge in [-0.15, -0.1) is 0 Å². The Kier molecular flexibility index (Phi) is 8.90. The van der Waals surface area contributed by atoms with E-state index in [2.05, 4.69) is 49.4 Å². The fraction of sp³-hybridized carbons (Fsp3) is 0.533. The number of rotatable bonds is 8. The Morgan fingerprint density at radius 3 is 1.85 bits per heavy atom. The van der Waals surface area contributed by atoms with E-state index in [1.165, 1.54) is 75.3 Å². The molecule has 0 N–H and O–H groups in total. The lowest BCUT2D eigenvalue weighted by Gasteiger charge is -2.40. The molecule has 3 heteroatoms. The van der Waals surface area contributed by atoms with Crippen LogP contribution in [-0.4, -0.2) is 25.5 Å². The van der Waals surface area contributed by atoms with E-state index in [0.717, 1.165) is 34.8 Å². The molecule has 4 rings (SSSR count). The van der Waals surface area contributed by atoms with Crippen LogP contribution >= 0.6 is 7.92 Å². The Hall–Kier alpha value is -1.79. The first-order chi connectivity index (χ1) is 16.3. The predicted octanol–water partition coefficient (Wildman–Crippen LogP) is 8.26. The van der Waals surface area contributed by atoms with Gasteiger partial charge in [0.25, 0.3) is 0 Å². The molecule has 2 fully saturated rings. The van der Waals surface area contributed by atoms with Crippen LogP contribution in [0.1, 0.15) is 76.7 Å². The molecule has 2 nitrogen and oxygen atoms in total. The van der Waals surface area contributed by atoms with Crippen molar-refractivity contribution in [3.05, 3.63) is 54.1 Å². The minimum atomic E-state index is -0.254. The standard InChI is InChI=1S/C30H41O2P/c1-4-5-14-23-15-12-20-26(29-27(31-2)21-13-22-28(29)32-3)30(23)33(24-16-8-6-9-17-24)25-18-10-7-11-19-25/h4-5,12-13,15,20-22,24-25H,6-11,14,16-19H2,1-3H3. The SMILES string of the molecule is CC=CCc1cccc(-c2c(OC)cccc2OC)c1P(C1CCCCC1)C1CCCCC1. The largest absolute Gasteiger partial charge is 0.496 e. The van der Waals surface area contributed by atoms with E-state index >= 15 is 0 Å². The number of ether oxygens (including phenoxy) is 2. The molecule has 0 radical (unpaired) electrons. The second-order valence-corrected chi connectivity index (χ2v) is 12.3. The fourth-order valence-corrected chi connectivity index (χ4v) is 10.1. The van der Waals surface area contributed by atoms with Crippen molar-refractivity contribution in [2.24, 2.45) is 0 Å². The summed E-state index contributed by atoms with van der Waals surface area (Å²) in [4.78, 5) is 0. The van der Waals surface area contributed by atoms with Gasteiger partial charge >= 0.3 is 0 Å². The Labute approximate surface area is 202 Å². The first-order valence-corrected chi connectivity index (χ1v) is 14.5. The monoisotopic (exact) mass is 464 g/mol. The van der Waals surface area contributed by atoms with Crippen molar-refractivity contribution in [3.8, 4) is 22.6 Å². The van der Waals surface area contributed by atoms with E-state index in [-0.39, 0.29) is 7.92 Å². The second-order valence-electron chi connectivity index (χ2n) is 9.61. The van der Waals surface area contributed by atoms with E-state index < -0.39 is 0 Å². The van der Waals surface area contributed by atoms with Gasteiger partial charge in [0.15, 0.2) is 0 Å². The molecular formula is C30H41O2P. The molecule has 2 aromatic rings. The van der Waals surface area contributed by atoms with E-state index in [9.17, 15) is 0 Å². The Bertz CT molecular complexity index is 883. The lowest BCUT2D eigenvalue weighted by Crippen LogP contribution is -2.29. The molecule has 2 aromatic carbocycles. The van der Waals surface area contributed by atoms with E-state index in [0.29, 0.717) is 0 Å². The van der Waals surface area contributed by atoms with Gasteiger partial charge in [0.05, 0.1) is 19.8 Å². The molecule has 0 aliphatic heterocycles. The molecule has 0 unspecified atom stereocenters. The highest BCUT2D eigenvalue weighted by molar-refractivity contribution is 7.67. The minimum Gasteiger partial charge on any atom is -0.496 e. The van der Waals surface area contributed by atoms with E-state index in [4.69, 9.17) is 9.47 Å². The van der Waals surface area contributed by atoms with Gasteiger partial charge in [-0.05, 0) is 78.9 Å². The first kappa shape index (κ1) is 24.3. The third-order valence-electron chi connectivity index (χ3n) is 7.58. The number of benzene rings is 2. The Balaban J connectivity index is 1.94. The summed E-state index contributed by atoms with van der Waals surface area (Å²) in [5, 5.41) is 1.65. The van der Waals surface area contributed by atoms with Gasteiger partial charge in [-0.2, -0.15) is 0 Å². The molecule has 178 valence electrons. The smallest absolute Gasteiger partial charge is 0.130 e. The van der Waals surface area contributed by atoms with Crippen molar-refractivity contribution in [1.82, 2.24) is 0 Å². The topological polar surface area (TPSA) is 18.5 Å². The number of allylic oxidation sites excluding steroid dienone is 2. The molecule has 0 heterocycles. The van der Waals surface area contributed by atoms with Crippen LogP contribution in [0, 0.1) is 0 Å². The van der Waals surface area contributed by atoms with Gasteiger partial charge in [-0.1, -0.05) is 82.9 Å². The zero-order valence-corrected chi connectivity index (χ0v) is 21.7. The molecule has 2 aliphatic carbocycles. The summed E-state index contributed by atoms with van der Waals surface area (Å²) in [5.41, 5.74) is 5.71. The van der Waals surface area contributed by atoms with Crippen LogP contribution in [0.15, 0.2) is 48.6 Å². The lowest BCUT2D eigenvalue weighted by molar-refractivity contribution is 0.397.